The van der Waals surface area contributed by atoms with E-state index in [-0.39, 0.29) is 24.7 Å². The molecule has 0 aliphatic heterocycles. The number of aliphatic hydroxyl groups excluding tert-OH is 1. The van der Waals surface area contributed by atoms with Gasteiger partial charge in [-0.25, -0.2) is 9.78 Å². The lowest BCUT2D eigenvalue weighted by Gasteiger charge is -2.17. The maximum atomic E-state index is 11.5. The number of hydrogen-bond donors (Lipinski definition) is 3. The minimum absolute atomic E-state index is 0.0640. The van der Waals surface area contributed by atoms with Gasteiger partial charge in [-0.1, -0.05) is 6.92 Å². The van der Waals surface area contributed by atoms with E-state index >= 15 is 0 Å². The maximum absolute atomic E-state index is 11.5. The summed E-state index contributed by atoms with van der Waals surface area (Å²) in [4.78, 5) is 15.7. The molecule has 90 valence electrons. The van der Waals surface area contributed by atoms with Gasteiger partial charge in [-0.3, -0.25) is 0 Å². The molecule has 0 fully saturated rings. The summed E-state index contributed by atoms with van der Waals surface area (Å²) in [5, 5.41) is 17.0. The summed E-state index contributed by atoms with van der Waals surface area (Å²) < 4.78 is 0. The Kier molecular flexibility index (Phi) is 5.21. The number of nitrogens with zero attached hydrogens (tertiary/aromatic N) is 1. The fourth-order valence-electron chi connectivity index (χ4n) is 1.21. The molecule has 2 atom stereocenters. The molecule has 1 heterocycles. The maximum Gasteiger partial charge on any atom is 0.315 e. The molecule has 2 unspecified atom stereocenters. The van der Waals surface area contributed by atoms with Gasteiger partial charge < -0.3 is 15.7 Å². The van der Waals surface area contributed by atoms with Gasteiger partial charge in [-0.05, 0) is 13.3 Å². The fraction of sp³-hybridized carbons (Fsp3) is 0.600. The minimum atomic E-state index is -0.274. The number of nitrogens with one attached hydrogen (secondary N) is 2. The Balaban J connectivity index is 2.48. The van der Waals surface area contributed by atoms with E-state index in [0.29, 0.717) is 0 Å². The molecular formula is C10H17N3O2S. The molecule has 16 heavy (non-hydrogen) atoms. The number of thiazole rings is 1. The summed E-state index contributed by atoms with van der Waals surface area (Å²) in [6.45, 7) is 3.66. The third-order valence-corrected chi connectivity index (χ3v) is 3.00. The van der Waals surface area contributed by atoms with E-state index < -0.39 is 0 Å². The molecule has 0 radical (unpaired) electrons. The first-order valence-corrected chi connectivity index (χ1v) is 6.12. The first-order valence-electron chi connectivity index (χ1n) is 5.24. The monoisotopic (exact) mass is 243 g/mol. The Morgan fingerprint density at radius 3 is 2.88 bits per heavy atom. The van der Waals surface area contributed by atoms with Crippen molar-refractivity contribution in [1.82, 2.24) is 15.6 Å². The van der Waals surface area contributed by atoms with Gasteiger partial charge in [-0.15, -0.1) is 11.3 Å². The van der Waals surface area contributed by atoms with Gasteiger partial charge in [0.15, 0.2) is 0 Å². The Bertz CT molecular complexity index is 316. The van der Waals surface area contributed by atoms with Crippen molar-refractivity contribution in [3.63, 3.8) is 0 Å². The lowest BCUT2D eigenvalue weighted by molar-refractivity contribution is 0.217. The van der Waals surface area contributed by atoms with Gasteiger partial charge in [0.2, 0.25) is 0 Å². The van der Waals surface area contributed by atoms with Crippen LogP contribution in [-0.4, -0.2) is 28.8 Å². The molecule has 1 aromatic rings. The van der Waals surface area contributed by atoms with Gasteiger partial charge in [-0.2, -0.15) is 0 Å². The van der Waals surface area contributed by atoms with Crippen LogP contribution in [0.5, 0.6) is 0 Å². The fourth-order valence-corrected chi connectivity index (χ4v) is 1.99. The quantitative estimate of drug-likeness (QED) is 0.729. The van der Waals surface area contributed by atoms with Gasteiger partial charge in [0.05, 0.1) is 18.7 Å². The number of amides is 2. The first-order chi connectivity index (χ1) is 7.67. The van der Waals surface area contributed by atoms with E-state index in [1.54, 1.807) is 13.1 Å². The van der Waals surface area contributed by atoms with Crippen LogP contribution in [0.4, 0.5) is 4.79 Å². The van der Waals surface area contributed by atoms with Crippen molar-refractivity contribution >= 4 is 17.4 Å². The van der Waals surface area contributed by atoms with Crippen molar-refractivity contribution < 1.29 is 9.90 Å². The molecule has 0 aliphatic rings. The predicted molar refractivity (Wildman–Crippen MR) is 63.4 cm³/mol. The number of hydrogen-bond acceptors (Lipinski definition) is 4. The van der Waals surface area contributed by atoms with Crippen molar-refractivity contribution in [3.05, 3.63) is 16.6 Å². The average Bonchev–Trinajstić information content (AvgIpc) is 2.79. The molecule has 5 nitrogen and oxygen atoms in total. The molecule has 3 N–H and O–H groups in total. The van der Waals surface area contributed by atoms with Crippen LogP contribution in [0, 0.1) is 0 Å². The van der Waals surface area contributed by atoms with E-state index in [1.165, 1.54) is 11.3 Å². The molecule has 0 spiro atoms. The smallest absolute Gasteiger partial charge is 0.315 e. The lowest BCUT2D eigenvalue weighted by Crippen LogP contribution is -2.43. The Hall–Kier alpha value is -1.14. The second-order valence-electron chi connectivity index (χ2n) is 3.53. The molecule has 0 aromatic carbocycles. The summed E-state index contributed by atoms with van der Waals surface area (Å²) >= 11 is 1.52. The Morgan fingerprint density at radius 2 is 2.38 bits per heavy atom. The van der Waals surface area contributed by atoms with Crippen molar-refractivity contribution in [3.8, 4) is 0 Å². The molecule has 1 rings (SSSR count). The summed E-state index contributed by atoms with van der Waals surface area (Å²) in [5.74, 6) is 0. The molecule has 0 aliphatic carbocycles. The van der Waals surface area contributed by atoms with Crippen molar-refractivity contribution in [2.75, 3.05) is 6.61 Å². The predicted octanol–water partition coefficient (Wildman–Crippen LogP) is 1.27. The highest BCUT2D eigenvalue weighted by molar-refractivity contribution is 7.09. The van der Waals surface area contributed by atoms with Gasteiger partial charge in [0.25, 0.3) is 0 Å². The van der Waals surface area contributed by atoms with Gasteiger partial charge in [0.1, 0.15) is 5.01 Å². The van der Waals surface area contributed by atoms with Gasteiger partial charge in [0, 0.05) is 11.6 Å². The molecule has 1 aromatic heterocycles. The number of carbonyl (C=O) groups is 1. The van der Waals surface area contributed by atoms with Crippen LogP contribution >= 0.6 is 11.3 Å². The van der Waals surface area contributed by atoms with Crippen LogP contribution in [0.2, 0.25) is 0 Å². The van der Waals surface area contributed by atoms with Crippen LogP contribution in [0.3, 0.4) is 0 Å². The first kappa shape index (κ1) is 12.9. The number of carbonyl (C=O) groups excluding carboxylic acids is 1. The third kappa shape index (κ3) is 3.79. The zero-order valence-corrected chi connectivity index (χ0v) is 10.3. The van der Waals surface area contributed by atoms with Crippen LogP contribution in [0.1, 0.15) is 31.3 Å². The topological polar surface area (TPSA) is 74.2 Å². The summed E-state index contributed by atoms with van der Waals surface area (Å²) in [6.07, 6.45) is 2.51. The zero-order valence-electron chi connectivity index (χ0n) is 9.43. The Morgan fingerprint density at radius 1 is 1.62 bits per heavy atom. The molecular weight excluding hydrogens is 226 g/mol. The van der Waals surface area contributed by atoms with E-state index in [1.807, 2.05) is 12.3 Å². The summed E-state index contributed by atoms with van der Waals surface area (Å²) in [5.41, 5.74) is 0. The highest BCUT2D eigenvalue weighted by Gasteiger charge is 2.15. The number of urea groups is 1. The van der Waals surface area contributed by atoms with Crippen molar-refractivity contribution in [2.45, 2.75) is 32.4 Å². The Labute approximate surface area is 98.9 Å². The van der Waals surface area contributed by atoms with Crippen LogP contribution in [0.15, 0.2) is 11.6 Å². The molecule has 2 amide bonds. The summed E-state index contributed by atoms with van der Waals surface area (Å²) in [6, 6.07) is -0.580. The number of rotatable bonds is 5. The second-order valence-corrected chi connectivity index (χ2v) is 4.46. The molecule has 0 saturated heterocycles. The highest BCUT2D eigenvalue weighted by Crippen LogP contribution is 2.18. The largest absolute Gasteiger partial charge is 0.394 e. The SMILES string of the molecule is CCC(NC(=O)NC(C)CO)c1nccs1. The van der Waals surface area contributed by atoms with Crippen LogP contribution in [0.25, 0.3) is 0 Å². The highest BCUT2D eigenvalue weighted by atomic mass is 32.1. The van der Waals surface area contributed by atoms with Crippen LogP contribution < -0.4 is 10.6 Å². The zero-order chi connectivity index (χ0) is 12.0. The number of aromatic nitrogens is 1. The average molecular weight is 243 g/mol. The molecule has 0 saturated carbocycles. The van der Waals surface area contributed by atoms with Gasteiger partial charge >= 0.3 is 6.03 Å². The van der Waals surface area contributed by atoms with Crippen molar-refractivity contribution in [1.29, 1.82) is 0 Å². The molecule has 6 heteroatoms. The van der Waals surface area contributed by atoms with E-state index in [0.717, 1.165) is 11.4 Å². The normalized spacial score (nSPS) is 14.2. The minimum Gasteiger partial charge on any atom is -0.394 e. The van der Waals surface area contributed by atoms with E-state index in [9.17, 15) is 4.79 Å². The lowest BCUT2D eigenvalue weighted by atomic mass is 10.2. The third-order valence-electron chi connectivity index (χ3n) is 2.11. The van der Waals surface area contributed by atoms with Crippen LogP contribution in [-0.2, 0) is 0 Å². The van der Waals surface area contributed by atoms with Crippen molar-refractivity contribution in [2.24, 2.45) is 0 Å². The second kappa shape index (κ2) is 6.44. The standard InChI is InChI=1S/C10H17N3O2S/c1-3-8(9-11-4-5-16-9)13-10(15)12-7(2)6-14/h4-5,7-8,14H,3,6H2,1-2H3,(H2,12,13,15). The number of aliphatic hydroxyl groups is 1. The summed E-state index contributed by atoms with van der Waals surface area (Å²) in [7, 11) is 0. The van der Waals surface area contributed by atoms with E-state index in [2.05, 4.69) is 15.6 Å². The van der Waals surface area contributed by atoms with E-state index in [4.69, 9.17) is 5.11 Å². The molecule has 0 bridgehead atoms.